The highest BCUT2D eigenvalue weighted by Gasteiger charge is 2.13. The molecule has 13 heavy (non-hydrogen) atoms. The summed E-state index contributed by atoms with van der Waals surface area (Å²) in [4.78, 5) is 0. The minimum atomic E-state index is -0.590. The van der Waals surface area contributed by atoms with E-state index in [1.165, 1.54) is 16.8 Å². The Kier molecular flexibility index (Phi) is 1.81. The lowest BCUT2D eigenvalue weighted by molar-refractivity contribution is -0.657. The van der Waals surface area contributed by atoms with Crippen LogP contribution < -0.4 is 4.68 Å². The lowest BCUT2D eigenvalue weighted by Gasteiger charge is -1.93. The number of hydrogen-bond acceptors (Lipinski definition) is 0. The van der Waals surface area contributed by atoms with Gasteiger partial charge in [-0.25, -0.2) is 4.39 Å². The summed E-state index contributed by atoms with van der Waals surface area (Å²) in [5.41, 5.74) is 0.298. The molecule has 66 valence electrons. The van der Waals surface area contributed by atoms with Crippen molar-refractivity contribution in [2.24, 2.45) is 0 Å². The van der Waals surface area contributed by atoms with Crippen molar-refractivity contribution in [2.75, 3.05) is 0 Å². The van der Waals surface area contributed by atoms with Crippen LogP contribution in [0.15, 0.2) is 36.7 Å². The predicted octanol–water partition coefficient (Wildman–Crippen LogP) is 1.57. The number of halogens is 2. The summed E-state index contributed by atoms with van der Waals surface area (Å²) in [5.74, 6) is -1.17. The summed E-state index contributed by atoms with van der Waals surface area (Å²) >= 11 is 0. The molecule has 1 heterocycles. The van der Waals surface area contributed by atoms with Gasteiger partial charge in [-0.15, -0.1) is 0 Å². The van der Waals surface area contributed by atoms with Crippen LogP contribution in [0.5, 0.6) is 0 Å². The maximum absolute atomic E-state index is 13.1. The molecular formula is C9H7F2N2+. The molecule has 1 aromatic carbocycles. The van der Waals surface area contributed by atoms with E-state index in [0.29, 0.717) is 5.69 Å². The molecule has 0 saturated carbocycles. The van der Waals surface area contributed by atoms with Crippen LogP contribution in [0.4, 0.5) is 8.78 Å². The third kappa shape index (κ3) is 1.42. The van der Waals surface area contributed by atoms with Gasteiger partial charge in [0.05, 0.1) is 6.20 Å². The maximum atomic E-state index is 13.1. The number of hydrogen-bond donors (Lipinski definition) is 1. The average molecular weight is 181 g/mol. The molecule has 1 aromatic heterocycles. The van der Waals surface area contributed by atoms with Gasteiger partial charge in [-0.05, 0) is 6.07 Å². The largest absolute Gasteiger partial charge is 0.271 e. The van der Waals surface area contributed by atoms with Crippen LogP contribution in [0.3, 0.4) is 0 Å². The Bertz CT molecular complexity index is 410. The minimum Gasteiger partial charge on any atom is -0.207 e. The normalized spacial score (nSPS) is 10.3. The lowest BCUT2D eigenvalue weighted by atomic mass is 10.3. The van der Waals surface area contributed by atoms with Crippen molar-refractivity contribution in [1.29, 1.82) is 0 Å². The fourth-order valence-electron chi connectivity index (χ4n) is 1.12. The first-order valence-corrected chi connectivity index (χ1v) is 3.78. The maximum Gasteiger partial charge on any atom is 0.271 e. The van der Waals surface area contributed by atoms with Gasteiger partial charge in [0.1, 0.15) is 5.82 Å². The highest BCUT2D eigenvalue weighted by atomic mass is 19.1. The standard InChI is InChI=1S/C9H6F2N2/c10-7-2-3-9(8(11)6-7)13-5-1-4-12-13/h1-6H/p+1. The molecule has 2 aromatic rings. The van der Waals surface area contributed by atoms with E-state index in [4.69, 9.17) is 0 Å². The van der Waals surface area contributed by atoms with E-state index in [0.717, 1.165) is 6.07 Å². The smallest absolute Gasteiger partial charge is 0.207 e. The van der Waals surface area contributed by atoms with Crippen LogP contribution in [0.2, 0.25) is 0 Å². The lowest BCUT2D eigenvalue weighted by Crippen LogP contribution is -2.32. The van der Waals surface area contributed by atoms with Crippen molar-refractivity contribution in [3.05, 3.63) is 48.3 Å². The molecule has 0 fully saturated rings. The first kappa shape index (κ1) is 7.91. The van der Waals surface area contributed by atoms with E-state index in [-0.39, 0.29) is 0 Å². The van der Waals surface area contributed by atoms with Crippen LogP contribution in [-0.2, 0) is 0 Å². The number of aromatic amines is 1. The molecule has 0 atom stereocenters. The summed E-state index contributed by atoms with van der Waals surface area (Å²) in [6.45, 7) is 0. The second kappa shape index (κ2) is 2.97. The van der Waals surface area contributed by atoms with Crippen LogP contribution in [0, 0.1) is 11.6 Å². The molecule has 0 saturated heterocycles. The van der Waals surface area contributed by atoms with Gasteiger partial charge in [-0.2, -0.15) is 9.49 Å². The van der Waals surface area contributed by atoms with Gasteiger partial charge in [-0.3, -0.25) is 0 Å². The van der Waals surface area contributed by atoms with Crippen molar-refractivity contribution >= 4 is 0 Å². The Morgan fingerprint density at radius 3 is 2.69 bits per heavy atom. The first-order valence-electron chi connectivity index (χ1n) is 3.78. The van der Waals surface area contributed by atoms with E-state index in [1.807, 2.05) is 0 Å². The molecule has 0 bridgehead atoms. The predicted molar refractivity (Wildman–Crippen MR) is 42.2 cm³/mol. The average Bonchev–Trinajstić information content (AvgIpc) is 2.56. The third-order valence-electron chi connectivity index (χ3n) is 1.71. The summed E-state index contributed by atoms with van der Waals surface area (Å²) in [7, 11) is 0. The molecule has 2 nitrogen and oxygen atoms in total. The number of H-pyrrole nitrogens is 1. The Balaban J connectivity index is 2.53. The SMILES string of the molecule is Fc1ccc(-[n+]2ccc[nH]2)c(F)c1. The Labute approximate surface area is 73.4 Å². The van der Waals surface area contributed by atoms with E-state index in [1.54, 1.807) is 18.5 Å². The van der Waals surface area contributed by atoms with Crippen LogP contribution in [-0.4, -0.2) is 5.10 Å². The van der Waals surface area contributed by atoms with Gasteiger partial charge in [-0.1, -0.05) is 4.68 Å². The molecule has 1 N–H and O–H groups in total. The number of rotatable bonds is 1. The monoisotopic (exact) mass is 181 g/mol. The van der Waals surface area contributed by atoms with E-state index in [9.17, 15) is 8.78 Å². The molecule has 2 rings (SSSR count). The van der Waals surface area contributed by atoms with Crippen molar-refractivity contribution in [2.45, 2.75) is 0 Å². The van der Waals surface area contributed by atoms with Crippen molar-refractivity contribution in [3.63, 3.8) is 0 Å². The number of nitrogens with zero attached hydrogens (tertiary/aromatic N) is 1. The summed E-state index contributed by atoms with van der Waals surface area (Å²) < 4.78 is 27.1. The number of aromatic nitrogens is 2. The molecule has 0 amide bonds. The fourth-order valence-corrected chi connectivity index (χ4v) is 1.12. The highest BCUT2D eigenvalue weighted by molar-refractivity contribution is 5.24. The van der Waals surface area contributed by atoms with Crippen molar-refractivity contribution in [3.8, 4) is 5.69 Å². The van der Waals surface area contributed by atoms with Gasteiger partial charge >= 0.3 is 0 Å². The second-order valence-electron chi connectivity index (χ2n) is 2.60. The van der Waals surface area contributed by atoms with Gasteiger partial charge < -0.3 is 0 Å². The quantitative estimate of drug-likeness (QED) is 0.644. The highest BCUT2D eigenvalue weighted by Crippen LogP contribution is 2.07. The summed E-state index contributed by atoms with van der Waals surface area (Å²) in [6.07, 6.45) is 3.30. The Morgan fingerprint density at radius 2 is 2.08 bits per heavy atom. The second-order valence-corrected chi connectivity index (χ2v) is 2.60. The van der Waals surface area contributed by atoms with Gasteiger partial charge in [0.2, 0.25) is 6.20 Å². The number of benzene rings is 1. The summed E-state index contributed by atoms with van der Waals surface area (Å²) in [5, 5.41) is 2.77. The van der Waals surface area contributed by atoms with E-state index >= 15 is 0 Å². The molecular weight excluding hydrogens is 174 g/mol. The molecule has 4 heteroatoms. The minimum absolute atomic E-state index is 0.298. The number of nitrogens with one attached hydrogen (secondary N) is 1. The first-order chi connectivity index (χ1) is 6.27. The van der Waals surface area contributed by atoms with Gasteiger partial charge in [0.15, 0.2) is 5.82 Å². The van der Waals surface area contributed by atoms with Crippen LogP contribution in [0.25, 0.3) is 5.69 Å². The summed E-state index contributed by atoms with van der Waals surface area (Å²) in [6, 6.07) is 5.17. The Morgan fingerprint density at radius 1 is 1.23 bits per heavy atom. The molecule has 0 unspecified atom stereocenters. The van der Waals surface area contributed by atoms with Crippen molar-refractivity contribution < 1.29 is 13.5 Å². The zero-order valence-corrected chi connectivity index (χ0v) is 6.67. The molecule has 0 aliphatic heterocycles. The van der Waals surface area contributed by atoms with Gasteiger partial charge in [0.25, 0.3) is 5.69 Å². The van der Waals surface area contributed by atoms with E-state index in [2.05, 4.69) is 5.10 Å². The molecule has 0 radical (unpaired) electrons. The van der Waals surface area contributed by atoms with Crippen LogP contribution in [0.1, 0.15) is 0 Å². The Hall–Kier alpha value is -1.71. The molecule has 0 aliphatic carbocycles. The molecule has 0 aliphatic rings. The van der Waals surface area contributed by atoms with Crippen LogP contribution >= 0.6 is 0 Å². The van der Waals surface area contributed by atoms with E-state index < -0.39 is 11.6 Å². The van der Waals surface area contributed by atoms with Crippen molar-refractivity contribution in [1.82, 2.24) is 5.10 Å². The molecule has 0 spiro atoms. The zero-order chi connectivity index (χ0) is 9.26. The van der Waals surface area contributed by atoms with Gasteiger partial charge in [0, 0.05) is 18.2 Å². The zero-order valence-electron chi connectivity index (χ0n) is 6.67. The third-order valence-corrected chi connectivity index (χ3v) is 1.71. The topological polar surface area (TPSA) is 19.7 Å². The fraction of sp³-hybridized carbons (Fsp3) is 0.